The summed E-state index contributed by atoms with van der Waals surface area (Å²) in [6, 6.07) is 3.75. The van der Waals surface area contributed by atoms with Crippen molar-refractivity contribution in [2.75, 3.05) is 0 Å². The standard InChI is InChI=1S/C25H26O12/c26-15-5-1-13(9-17(15)28)3-7-21(31)36-20-12-25(35,24(33)34)11-19(30)23(20)37-22(32)8-4-14-2-6-16(27)18(29)10-14/h1-10,16,18-20,23,26-30,35H,11-12H2,(H,33,34)/b7-3+,8-4+/t16?,18?,19-,20-,23+,25-/m1/s1. The lowest BCUT2D eigenvalue weighted by atomic mass is 9.79. The van der Waals surface area contributed by atoms with Crippen LogP contribution >= 0.6 is 0 Å². The minimum absolute atomic E-state index is 0.315. The molecule has 1 aromatic rings. The van der Waals surface area contributed by atoms with Gasteiger partial charge in [-0.2, -0.15) is 0 Å². The molecule has 1 fully saturated rings. The summed E-state index contributed by atoms with van der Waals surface area (Å²) in [4.78, 5) is 36.3. The van der Waals surface area contributed by atoms with E-state index in [9.17, 15) is 50.1 Å². The van der Waals surface area contributed by atoms with Crippen molar-refractivity contribution in [2.45, 2.75) is 49.0 Å². The number of carbonyl (C=O) groups excluding carboxylic acids is 2. The van der Waals surface area contributed by atoms with Crippen LogP contribution in [0.3, 0.4) is 0 Å². The SMILES string of the molecule is O=C(/C=C/C1=CC(O)C(O)C=C1)O[C@H]1[C@H](O)C[C@](O)(C(=O)O)C[C@H]1OC(=O)/C=C/c1ccc(O)c(O)c1. The molecule has 12 nitrogen and oxygen atoms in total. The van der Waals surface area contributed by atoms with Crippen molar-refractivity contribution >= 4 is 24.0 Å². The lowest BCUT2D eigenvalue weighted by Crippen LogP contribution is -2.58. The number of ether oxygens (including phenoxy) is 2. The Morgan fingerprint density at radius 3 is 2.24 bits per heavy atom. The van der Waals surface area contributed by atoms with Crippen LogP contribution in [-0.2, 0) is 23.9 Å². The number of carboxylic acid groups (broad SMARTS) is 1. The van der Waals surface area contributed by atoms with E-state index in [4.69, 9.17) is 9.47 Å². The number of aliphatic hydroxyl groups is 4. The number of rotatable bonds is 7. The number of aromatic hydroxyl groups is 2. The van der Waals surface area contributed by atoms with E-state index in [1.54, 1.807) is 0 Å². The summed E-state index contributed by atoms with van der Waals surface area (Å²) in [5, 5.41) is 68.3. The van der Waals surface area contributed by atoms with Crippen molar-refractivity contribution in [3.05, 3.63) is 65.8 Å². The van der Waals surface area contributed by atoms with Crippen molar-refractivity contribution in [2.24, 2.45) is 0 Å². The lowest BCUT2D eigenvalue weighted by molar-refractivity contribution is -0.204. The molecule has 2 aliphatic rings. The van der Waals surface area contributed by atoms with Gasteiger partial charge in [-0.15, -0.1) is 0 Å². The van der Waals surface area contributed by atoms with Gasteiger partial charge in [-0.05, 0) is 41.5 Å². The van der Waals surface area contributed by atoms with Crippen LogP contribution in [0.15, 0.2) is 60.2 Å². The average molecular weight is 518 g/mol. The zero-order valence-corrected chi connectivity index (χ0v) is 19.2. The van der Waals surface area contributed by atoms with Crippen LogP contribution in [0.2, 0.25) is 0 Å². The number of carbonyl (C=O) groups is 3. The first-order valence-electron chi connectivity index (χ1n) is 11.1. The van der Waals surface area contributed by atoms with Gasteiger partial charge in [0, 0.05) is 25.0 Å². The summed E-state index contributed by atoms with van der Waals surface area (Å²) in [7, 11) is 0. The third kappa shape index (κ3) is 7.05. The highest BCUT2D eigenvalue weighted by Crippen LogP contribution is 2.33. The van der Waals surface area contributed by atoms with Gasteiger partial charge in [-0.25, -0.2) is 14.4 Å². The maximum atomic E-state index is 12.4. The second kappa shape index (κ2) is 11.4. The Kier molecular flexibility index (Phi) is 8.50. The van der Waals surface area contributed by atoms with E-state index in [0.29, 0.717) is 11.1 Å². The van der Waals surface area contributed by atoms with Crippen LogP contribution < -0.4 is 0 Å². The number of phenols is 2. The molecular weight excluding hydrogens is 492 g/mol. The summed E-state index contributed by atoms with van der Waals surface area (Å²) < 4.78 is 10.4. The van der Waals surface area contributed by atoms with Crippen molar-refractivity contribution < 1.29 is 59.6 Å². The third-order valence-corrected chi connectivity index (χ3v) is 5.77. The third-order valence-electron chi connectivity index (χ3n) is 5.77. The van der Waals surface area contributed by atoms with Crippen LogP contribution in [0, 0.1) is 0 Å². The van der Waals surface area contributed by atoms with E-state index >= 15 is 0 Å². The minimum Gasteiger partial charge on any atom is -0.504 e. The van der Waals surface area contributed by atoms with Crippen LogP contribution in [-0.4, -0.2) is 89.8 Å². The molecule has 0 amide bonds. The first-order valence-corrected chi connectivity index (χ1v) is 11.1. The molecule has 37 heavy (non-hydrogen) atoms. The molecule has 0 bridgehead atoms. The number of carboxylic acids is 1. The van der Waals surface area contributed by atoms with Crippen LogP contribution in [0.5, 0.6) is 11.5 Å². The summed E-state index contributed by atoms with van der Waals surface area (Å²) in [5.74, 6) is -4.48. The van der Waals surface area contributed by atoms with Crippen molar-refractivity contribution in [3.63, 3.8) is 0 Å². The maximum Gasteiger partial charge on any atom is 0.335 e. The van der Waals surface area contributed by atoms with E-state index in [2.05, 4.69) is 0 Å². The lowest BCUT2D eigenvalue weighted by Gasteiger charge is -2.40. The zero-order chi connectivity index (χ0) is 27.3. The first-order chi connectivity index (χ1) is 17.4. The number of phenolic OH excluding ortho intramolecular Hbond substituents is 2. The molecule has 6 atom stereocenters. The Balaban J connectivity index is 1.73. The maximum absolute atomic E-state index is 12.4. The summed E-state index contributed by atoms with van der Waals surface area (Å²) in [5.41, 5.74) is -1.76. The van der Waals surface area contributed by atoms with Gasteiger partial charge in [0.1, 0.15) is 18.3 Å². The minimum atomic E-state index is -2.45. The number of hydrogen-bond donors (Lipinski definition) is 7. The molecule has 0 spiro atoms. The molecule has 1 aromatic carbocycles. The Morgan fingerprint density at radius 1 is 0.919 bits per heavy atom. The van der Waals surface area contributed by atoms with E-state index in [-0.39, 0.29) is 5.75 Å². The molecule has 12 heteroatoms. The van der Waals surface area contributed by atoms with Gasteiger partial charge in [0.25, 0.3) is 0 Å². The molecule has 0 aliphatic heterocycles. The Hall–Kier alpha value is -3.97. The molecule has 0 heterocycles. The number of aliphatic carboxylic acids is 1. The van der Waals surface area contributed by atoms with Crippen LogP contribution in [0.4, 0.5) is 0 Å². The average Bonchev–Trinajstić information content (AvgIpc) is 2.82. The number of esters is 2. The van der Waals surface area contributed by atoms with Crippen molar-refractivity contribution in [1.29, 1.82) is 0 Å². The molecular formula is C25H26O12. The molecule has 2 unspecified atom stereocenters. The highest BCUT2D eigenvalue weighted by molar-refractivity contribution is 5.87. The fourth-order valence-electron chi connectivity index (χ4n) is 3.80. The zero-order valence-electron chi connectivity index (χ0n) is 19.2. The molecule has 0 radical (unpaired) electrons. The Labute approximate surface area is 210 Å². The molecule has 7 N–H and O–H groups in total. The summed E-state index contributed by atoms with van der Waals surface area (Å²) >= 11 is 0. The van der Waals surface area contributed by atoms with E-state index < -0.39 is 72.6 Å². The molecule has 0 aromatic heterocycles. The van der Waals surface area contributed by atoms with Gasteiger partial charge < -0.3 is 45.2 Å². The quantitative estimate of drug-likeness (QED) is 0.141. The molecule has 0 saturated heterocycles. The predicted molar refractivity (Wildman–Crippen MR) is 125 cm³/mol. The van der Waals surface area contributed by atoms with Gasteiger partial charge in [0.2, 0.25) is 0 Å². The number of aliphatic hydroxyl groups excluding tert-OH is 3. The summed E-state index contributed by atoms with van der Waals surface area (Å²) in [6.07, 6.45) is 0.0493. The highest BCUT2D eigenvalue weighted by Gasteiger charge is 2.52. The van der Waals surface area contributed by atoms with Gasteiger partial charge in [0.05, 0.1) is 6.10 Å². The van der Waals surface area contributed by atoms with Crippen LogP contribution in [0.1, 0.15) is 18.4 Å². The van der Waals surface area contributed by atoms with Crippen molar-refractivity contribution in [1.82, 2.24) is 0 Å². The predicted octanol–water partition coefficient (Wildman–Crippen LogP) is -0.321. The monoisotopic (exact) mass is 518 g/mol. The molecule has 198 valence electrons. The van der Waals surface area contributed by atoms with Gasteiger partial charge in [0.15, 0.2) is 23.2 Å². The van der Waals surface area contributed by atoms with Crippen molar-refractivity contribution in [3.8, 4) is 11.5 Å². The second-order valence-corrected chi connectivity index (χ2v) is 8.61. The topological polar surface area (TPSA) is 211 Å². The fraction of sp³-hybridized carbons (Fsp3) is 0.320. The number of benzene rings is 1. The number of allylic oxidation sites excluding steroid dienone is 3. The van der Waals surface area contributed by atoms with Gasteiger partial charge in [-0.1, -0.05) is 18.2 Å². The Bertz CT molecular complexity index is 1170. The normalized spacial score (nSPS) is 29.7. The smallest absolute Gasteiger partial charge is 0.335 e. The number of hydrogen-bond acceptors (Lipinski definition) is 11. The van der Waals surface area contributed by atoms with E-state index in [0.717, 1.165) is 12.2 Å². The Morgan fingerprint density at radius 2 is 1.59 bits per heavy atom. The highest BCUT2D eigenvalue weighted by atomic mass is 16.6. The van der Waals surface area contributed by atoms with E-state index in [1.807, 2.05) is 0 Å². The first kappa shape index (κ1) is 27.6. The van der Waals surface area contributed by atoms with Crippen LogP contribution in [0.25, 0.3) is 6.08 Å². The van der Waals surface area contributed by atoms with Gasteiger partial charge in [-0.3, -0.25) is 0 Å². The fourth-order valence-corrected chi connectivity index (χ4v) is 3.80. The molecule has 2 aliphatic carbocycles. The second-order valence-electron chi connectivity index (χ2n) is 8.61. The van der Waals surface area contributed by atoms with E-state index in [1.165, 1.54) is 48.6 Å². The molecule has 1 saturated carbocycles. The molecule has 3 rings (SSSR count). The summed E-state index contributed by atoms with van der Waals surface area (Å²) in [6.45, 7) is 0. The largest absolute Gasteiger partial charge is 0.504 e. The van der Waals surface area contributed by atoms with Gasteiger partial charge >= 0.3 is 17.9 Å².